The Morgan fingerprint density at radius 1 is 0.925 bits per heavy atom. The number of aliphatic hydroxyl groups excluding tert-OH is 1. The second-order valence-corrected chi connectivity index (χ2v) is 9.67. The fourth-order valence-electron chi connectivity index (χ4n) is 4.32. The van der Waals surface area contributed by atoms with E-state index in [0.717, 1.165) is 25.0 Å². The van der Waals surface area contributed by atoms with Gasteiger partial charge in [0.2, 0.25) is 6.30 Å². The molecule has 0 heterocycles. The molecule has 8 nitrogen and oxygen atoms in total. The van der Waals surface area contributed by atoms with E-state index in [4.69, 9.17) is 0 Å². The molecule has 3 amide bonds. The van der Waals surface area contributed by atoms with Crippen LogP contribution in [0.15, 0.2) is 36.4 Å². The molecule has 2 aromatic carbocycles. The number of nitrogens with one attached hydrogen (secondary N) is 3. The molecule has 4 N–H and O–H groups in total. The normalized spacial score (nSPS) is 13.3. The van der Waals surface area contributed by atoms with Crippen molar-refractivity contribution < 1.29 is 32.7 Å². The Balaban J connectivity index is 2.30. The Kier molecular flexibility index (Phi) is 13.1. The van der Waals surface area contributed by atoms with E-state index in [9.17, 15) is 32.7 Å². The molecule has 0 bridgehead atoms. The van der Waals surface area contributed by atoms with Gasteiger partial charge in [0.1, 0.15) is 11.6 Å². The number of likely N-dealkylation sites (N-methyl/N-ethyl adjacent to an activating group) is 1. The lowest BCUT2D eigenvalue weighted by Crippen LogP contribution is -2.51. The number of nitrogens with zero attached hydrogens (tertiary/aromatic N) is 1. The average Bonchev–Trinajstić information content (AvgIpc) is 2.89. The van der Waals surface area contributed by atoms with Crippen molar-refractivity contribution in [1.82, 2.24) is 20.9 Å². The third-order valence-electron chi connectivity index (χ3n) is 6.11. The maximum Gasteiger partial charge on any atom is 0.269 e. The van der Waals surface area contributed by atoms with Gasteiger partial charge in [-0.25, -0.2) is 13.2 Å². The fourth-order valence-corrected chi connectivity index (χ4v) is 4.32. The molecule has 0 aromatic heterocycles. The van der Waals surface area contributed by atoms with Crippen LogP contribution in [0.5, 0.6) is 0 Å². The summed E-state index contributed by atoms with van der Waals surface area (Å²) in [5, 5.41) is 18.0. The van der Waals surface area contributed by atoms with Gasteiger partial charge in [0, 0.05) is 43.4 Å². The summed E-state index contributed by atoms with van der Waals surface area (Å²) in [6.07, 6.45) is -2.20. The molecule has 3 atom stereocenters. The predicted molar refractivity (Wildman–Crippen MR) is 147 cm³/mol. The molecule has 2 aromatic rings. The molecule has 0 saturated heterocycles. The summed E-state index contributed by atoms with van der Waals surface area (Å²) < 4.78 is 41.8. The van der Waals surface area contributed by atoms with E-state index in [1.807, 2.05) is 13.8 Å². The first-order chi connectivity index (χ1) is 19.0. The van der Waals surface area contributed by atoms with Gasteiger partial charge in [-0.2, -0.15) is 0 Å². The van der Waals surface area contributed by atoms with Gasteiger partial charge in [0.15, 0.2) is 0 Å². The van der Waals surface area contributed by atoms with Crippen LogP contribution in [0.1, 0.15) is 65.5 Å². The van der Waals surface area contributed by atoms with Gasteiger partial charge in [-0.1, -0.05) is 13.8 Å². The van der Waals surface area contributed by atoms with Crippen LogP contribution in [0, 0.1) is 18.6 Å². The van der Waals surface area contributed by atoms with Crippen LogP contribution in [0.4, 0.5) is 13.2 Å². The number of halogens is 3. The van der Waals surface area contributed by atoms with E-state index >= 15 is 0 Å². The van der Waals surface area contributed by atoms with Crippen molar-refractivity contribution >= 4 is 17.7 Å². The monoisotopic (exact) mass is 564 g/mol. The Morgan fingerprint density at radius 2 is 1.52 bits per heavy atom. The predicted octanol–water partition coefficient (Wildman–Crippen LogP) is 3.26. The quantitative estimate of drug-likeness (QED) is 0.248. The summed E-state index contributed by atoms with van der Waals surface area (Å²) in [6.45, 7) is 8.21. The number of benzene rings is 2. The lowest BCUT2D eigenvalue weighted by molar-refractivity contribution is -0.127. The van der Waals surface area contributed by atoms with Crippen LogP contribution in [0.25, 0.3) is 0 Å². The Bertz CT molecular complexity index is 1140. The smallest absolute Gasteiger partial charge is 0.269 e. The molecule has 0 fully saturated rings. The van der Waals surface area contributed by atoms with Crippen LogP contribution in [-0.2, 0) is 11.2 Å². The van der Waals surface area contributed by atoms with E-state index in [0.29, 0.717) is 30.3 Å². The number of carbonyl (C=O) groups is 3. The standard InChI is InChI=1S/C29H39F3N4O4/c1-5-8-36(9-6-2)29(40)21-11-18(4)10-20(15-21)27(38)35-24(14-19-12-22(30)16-23(31)13-19)25(37)17-34-26(32)28(39)33-7-3/h10-13,15-16,24-26,34,37H,5-9,14,17H2,1-4H3,(H,33,39)(H,35,38)/t24-,25+,26+/m0/s1. The zero-order valence-electron chi connectivity index (χ0n) is 23.4. The molecule has 0 aliphatic carbocycles. The summed E-state index contributed by atoms with van der Waals surface area (Å²) in [7, 11) is 0. The van der Waals surface area contributed by atoms with Crippen LogP contribution in [0.3, 0.4) is 0 Å². The molecule has 11 heteroatoms. The SMILES string of the molecule is CCCN(CCC)C(=O)c1cc(C)cc(C(=O)N[C@@H](Cc2cc(F)cc(F)c2)[C@H](O)CN[C@@H](F)C(=O)NCC)c1. The van der Waals surface area contributed by atoms with Crippen molar-refractivity contribution in [2.24, 2.45) is 0 Å². The Hall–Kier alpha value is -3.44. The minimum atomic E-state index is -2.11. The van der Waals surface area contributed by atoms with E-state index in [1.165, 1.54) is 6.07 Å². The van der Waals surface area contributed by atoms with Gasteiger partial charge in [-0.3, -0.25) is 19.7 Å². The second kappa shape index (κ2) is 16.0. The van der Waals surface area contributed by atoms with Gasteiger partial charge in [-0.15, -0.1) is 0 Å². The molecule has 0 unspecified atom stereocenters. The number of hydrogen-bond donors (Lipinski definition) is 4. The highest BCUT2D eigenvalue weighted by Crippen LogP contribution is 2.16. The lowest BCUT2D eigenvalue weighted by Gasteiger charge is -2.26. The fraction of sp³-hybridized carbons (Fsp3) is 0.483. The van der Waals surface area contributed by atoms with E-state index in [2.05, 4.69) is 16.0 Å². The molecular formula is C29H39F3N4O4. The number of amides is 3. The number of aryl methyl sites for hydroxylation is 1. The zero-order valence-corrected chi connectivity index (χ0v) is 23.4. The van der Waals surface area contributed by atoms with Gasteiger partial charge < -0.3 is 20.6 Å². The van der Waals surface area contributed by atoms with Crippen molar-refractivity contribution in [2.75, 3.05) is 26.2 Å². The minimum Gasteiger partial charge on any atom is -0.390 e. The summed E-state index contributed by atoms with van der Waals surface area (Å²) in [5.74, 6) is -3.44. The largest absolute Gasteiger partial charge is 0.390 e. The first-order valence-electron chi connectivity index (χ1n) is 13.5. The summed E-state index contributed by atoms with van der Waals surface area (Å²) in [4.78, 5) is 39.9. The highest BCUT2D eigenvalue weighted by Gasteiger charge is 2.26. The summed E-state index contributed by atoms with van der Waals surface area (Å²) in [6, 6.07) is 6.42. The molecule has 0 spiro atoms. The molecule has 0 aliphatic rings. The third kappa shape index (κ3) is 9.95. The molecule has 40 heavy (non-hydrogen) atoms. The zero-order chi connectivity index (χ0) is 29.8. The van der Waals surface area contributed by atoms with Gasteiger partial charge in [-0.05, 0) is 74.6 Å². The third-order valence-corrected chi connectivity index (χ3v) is 6.11. The maximum atomic E-state index is 14.2. The van der Waals surface area contributed by atoms with Crippen LogP contribution >= 0.6 is 0 Å². The van der Waals surface area contributed by atoms with E-state index in [1.54, 1.807) is 30.9 Å². The first-order valence-corrected chi connectivity index (χ1v) is 13.5. The molecule has 0 aliphatic heterocycles. The van der Waals surface area contributed by atoms with Gasteiger partial charge >= 0.3 is 0 Å². The Labute approximate surface area is 233 Å². The summed E-state index contributed by atoms with van der Waals surface area (Å²) in [5.41, 5.74) is 1.30. The van der Waals surface area contributed by atoms with Crippen molar-refractivity contribution in [3.8, 4) is 0 Å². The minimum absolute atomic E-state index is 0.150. The van der Waals surface area contributed by atoms with Crippen molar-refractivity contribution in [3.05, 3.63) is 70.3 Å². The number of rotatable bonds is 15. The van der Waals surface area contributed by atoms with Crippen LogP contribution < -0.4 is 16.0 Å². The average molecular weight is 565 g/mol. The Morgan fingerprint density at radius 3 is 2.10 bits per heavy atom. The topological polar surface area (TPSA) is 111 Å². The van der Waals surface area contributed by atoms with Crippen LogP contribution in [-0.4, -0.2) is 72.3 Å². The van der Waals surface area contributed by atoms with Crippen molar-refractivity contribution in [1.29, 1.82) is 0 Å². The lowest BCUT2D eigenvalue weighted by atomic mass is 9.99. The van der Waals surface area contributed by atoms with E-state index < -0.39 is 48.4 Å². The van der Waals surface area contributed by atoms with E-state index in [-0.39, 0.29) is 30.0 Å². The van der Waals surface area contributed by atoms with Gasteiger partial charge in [0.25, 0.3) is 17.7 Å². The number of hydrogen-bond acceptors (Lipinski definition) is 5. The molecule has 220 valence electrons. The molecule has 0 radical (unpaired) electrons. The molecular weight excluding hydrogens is 525 g/mol. The second-order valence-electron chi connectivity index (χ2n) is 9.67. The van der Waals surface area contributed by atoms with Gasteiger partial charge in [0.05, 0.1) is 12.1 Å². The molecule has 0 saturated carbocycles. The highest BCUT2D eigenvalue weighted by atomic mass is 19.1. The van der Waals surface area contributed by atoms with Crippen LogP contribution in [0.2, 0.25) is 0 Å². The molecule has 2 rings (SSSR count). The van der Waals surface area contributed by atoms with Crippen molar-refractivity contribution in [2.45, 2.75) is 65.4 Å². The highest BCUT2D eigenvalue weighted by molar-refractivity contribution is 6.00. The summed E-state index contributed by atoms with van der Waals surface area (Å²) >= 11 is 0. The number of carbonyl (C=O) groups excluding carboxylic acids is 3. The van der Waals surface area contributed by atoms with Crippen molar-refractivity contribution in [3.63, 3.8) is 0 Å². The first kappa shape index (κ1) is 32.8. The number of alkyl halides is 1. The number of aliphatic hydroxyl groups is 1. The maximum absolute atomic E-state index is 14.2.